The molecule has 2 aromatic rings. The highest BCUT2D eigenvalue weighted by molar-refractivity contribution is 5.87. The molecular weight excluding hydrogens is 336 g/mol. The Morgan fingerprint density at radius 1 is 1.11 bits per heavy atom. The number of hydrogen-bond donors (Lipinski definition) is 1. The zero-order valence-corrected chi connectivity index (χ0v) is 16.0. The Kier molecular flexibility index (Phi) is 8.02. The standard InChI is InChI=1S/C24H28O3/c1-4-5-7-20-9-12-22(13-10-20)23-14-11-21(16-18(23)2)8-6-15-27-24(26)19(3)17-25/h4,9-14,16,25H,1,3,5-8,15,17H2,2H3. The van der Waals surface area contributed by atoms with Gasteiger partial charge in [0.05, 0.1) is 18.8 Å². The minimum Gasteiger partial charge on any atom is -0.462 e. The maximum atomic E-state index is 11.4. The van der Waals surface area contributed by atoms with Gasteiger partial charge in [-0.15, -0.1) is 6.58 Å². The number of benzene rings is 2. The van der Waals surface area contributed by atoms with E-state index in [0.29, 0.717) is 6.61 Å². The van der Waals surface area contributed by atoms with Crippen molar-refractivity contribution in [2.24, 2.45) is 0 Å². The van der Waals surface area contributed by atoms with Gasteiger partial charge in [-0.05, 0) is 60.4 Å². The first-order chi connectivity index (χ1) is 13.0. The Bertz CT molecular complexity index is 788. The summed E-state index contributed by atoms with van der Waals surface area (Å²) in [7, 11) is 0. The molecule has 0 aliphatic heterocycles. The summed E-state index contributed by atoms with van der Waals surface area (Å²) in [6.45, 7) is 9.30. The number of hydrogen-bond acceptors (Lipinski definition) is 3. The smallest absolute Gasteiger partial charge is 0.335 e. The average molecular weight is 364 g/mol. The largest absolute Gasteiger partial charge is 0.462 e. The molecule has 0 unspecified atom stereocenters. The second-order valence-corrected chi connectivity index (χ2v) is 6.67. The molecule has 2 rings (SSSR count). The van der Waals surface area contributed by atoms with E-state index in [1.165, 1.54) is 27.8 Å². The van der Waals surface area contributed by atoms with Crippen molar-refractivity contribution in [1.82, 2.24) is 0 Å². The molecule has 0 saturated carbocycles. The lowest BCUT2D eigenvalue weighted by Crippen LogP contribution is -2.11. The molecule has 0 aliphatic carbocycles. The maximum Gasteiger partial charge on any atom is 0.335 e. The van der Waals surface area contributed by atoms with E-state index in [2.05, 4.69) is 62.5 Å². The number of aliphatic hydroxyl groups is 1. The molecule has 142 valence electrons. The van der Waals surface area contributed by atoms with Crippen LogP contribution in [0.15, 0.2) is 67.3 Å². The number of esters is 1. The number of aryl methyl sites for hydroxylation is 3. The van der Waals surface area contributed by atoms with E-state index < -0.39 is 5.97 Å². The Labute approximate surface area is 162 Å². The third-order valence-electron chi connectivity index (χ3n) is 4.52. The van der Waals surface area contributed by atoms with Gasteiger partial charge in [0.2, 0.25) is 0 Å². The SMILES string of the molecule is C=CCCc1ccc(-c2ccc(CCCOC(=O)C(=C)CO)cc2C)cc1. The molecule has 0 aliphatic rings. The predicted molar refractivity (Wildman–Crippen MR) is 111 cm³/mol. The number of rotatable bonds is 10. The highest BCUT2D eigenvalue weighted by atomic mass is 16.5. The topological polar surface area (TPSA) is 46.5 Å². The molecule has 0 fully saturated rings. The first-order valence-electron chi connectivity index (χ1n) is 9.30. The first-order valence-corrected chi connectivity index (χ1v) is 9.30. The summed E-state index contributed by atoms with van der Waals surface area (Å²) in [5.74, 6) is -0.527. The van der Waals surface area contributed by atoms with Crippen LogP contribution in [0.4, 0.5) is 0 Å². The monoisotopic (exact) mass is 364 g/mol. The van der Waals surface area contributed by atoms with Crippen molar-refractivity contribution in [3.05, 3.63) is 84.0 Å². The quantitative estimate of drug-likeness (QED) is 0.285. The molecule has 0 bridgehead atoms. The number of allylic oxidation sites excluding steroid dienone is 1. The minimum atomic E-state index is -0.527. The summed E-state index contributed by atoms with van der Waals surface area (Å²) in [5.41, 5.74) is 6.32. The number of carbonyl (C=O) groups is 1. The van der Waals surface area contributed by atoms with E-state index in [1.54, 1.807) is 0 Å². The fourth-order valence-corrected chi connectivity index (χ4v) is 2.93. The van der Waals surface area contributed by atoms with Gasteiger partial charge in [0, 0.05) is 0 Å². The Morgan fingerprint density at radius 3 is 2.44 bits per heavy atom. The highest BCUT2D eigenvalue weighted by Crippen LogP contribution is 2.25. The van der Waals surface area contributed by atoms with Crippen LogP contribution in [0.3, 0.4) is 0 Å². The van der Waals surface area contributed by atoms with E-state index in [0.717, 1.165) is 25.7 Å². The molecule has 0 radical (unpaired) electrons. The van der Waals surface area contributed by atoms with E-state index in [1.807, 2.05) is 6.08 Å². The summed E-state index contributed by atoms with van der Waals surface area (Å²) in [5, 5.41) is 8.84. The van der Waals surface area contributed by atoms with Crippen LogP contribution in [0.2, 0.25) is 0 Å². The van der Waals surface area contributed by atoms with Gasteiger partial charge in [-0.2, -0.15) is 0 Å². The molecule has 0 atom stereocenters. The summed E-state index contributed by atoms with van der Waals surface area (Å²) < 4.78 is 5.07. The summed E-state index contributed by atoms with van der Waals surface area (Å²) in [6, 6.07) is 15.2. The molecule has 0 amide bonds. The van der Waals surface area contributed by atoms with Crippen molar-refractivity contribution in [3.8, 4) is 11.1 Å². The van der Waals surface area contributed by atoms with Crippen molar-refractivity contribution < 1.29 is 14.6 Å². The Morgan fingerprint density at radius 2 is 1.81 bits per heavy atom. The fraction of sp³-hybridized carbons (Fsp3) is 0.292. The number of aliphatic hydroxyl groups excluding tert-OH is 1. The van der Waals surface area contributed by atoms with Crippen LogP contribution >= 0.6 is 0 Å². The molecule has 0 aromatic heterocycles. The van der Waals surface area contributed by atoms with Gasteiger partial charge in [0.25, 0.3) is 0 Å². The predicted octanol–water partition coefficient (Wildman–Crippen LogP) is 4.80. The fourth-order valence-electron chi connectivity index (χ4n) is 2.93. The Balaban J connectivity index is 1.92. The van der Waals surface area contributed by atoms with Crippen LogP contribution in [0.25, 0.3) is 11.1 Å². The highest BCUT2D eigenvalue weighted by Gasteiger charge is 2.07. The summed E-state index contributed by atoms with van der Waals surface area (Å²) in [4.78, 5) is 11.4. The lowest BCUT2D eigenvalue weighted by molar-refractivity contribution is -0.139. The Hall–Kier alpha value is -2.65. The van der Waals surface area contributed by atoms with Crippen LogP contribution in [0.1, 0.15) is 29.5 Å². The van der Waals surface area contributed by atoms with Gasteiger partial charge in [0.1, 0.15) is 0 Å². The lowest BCUT2D eigenvalue weighted by Gasteiger charge is -2.10. The van der Waals surface area contributed by atoms with E-state index >= 15 is 0 Å². The van der Waals surface area contributed by atoms with Crippen LogP contribution in [0, 0.1) is 6.92 Å². The normalized spacial score (nSPS) is 10.4. The molecule has 0 heterocycles. The minimum absolute atomic E-state index is 0.0886. The average Bonchev–Trinajstić information content (AvgIpc) is 2.69. The molecule has 1 N–H and O–H groups in total. The molecular formula is C24H28O3. The van der Waals surface area contributed by atoms with Gasteiger partial charge >= 0.3 is 5.97 Å². The molecule has 3 heteroatoms. The zero-order chi connectivity index (χ0) is 19.6. The van der Waals surface area contributed by atoms with Crippen molar-refractivity contribution in [2.45, 2.75) is 32.6 Å². The van der Waals surface area contributed by atoms with Gasteiger partial charge in [-0.3, -0.25) is 0 Å². The third kappa shape index (κ3) is 6.22. The molecule has 3 nitrogen and oxygen atoms in total. The van der Waals surface area contributed by atoms with Crippen molar-refractivity contribution in [1.29, 1.82) is 0 Å². The number of carbonyl (C=O) groups excluding carboxylic acids is 1. The van der Waals surface area contributed by atoms with Gasteiger partial charge in [0.15, 0.2) is 0 Å². The van der Waals surface area contributed by atoms with E-state index in [9.17, 15) is 4.79 Å². The second-order valence-electron chi connectivity index (χ2n) is 6.67. The van der Waals surface area contributed by atoms with Crippen LogP contribution in [-0.4, -0.2) is 24.3 Å². The zero-order valence-electron chi connectivity index (χ0n) is 16.0. The van der Waals surface area contributed by atoms with Crippen molar-refractivity contribution in [3.63, 3.8) is 0 Å². The van der Waals surface area contributed by atoms with Crippen LogP contribution < -0.4 is 0 Å². The third-order valence-corrected chi connectivity index (χ3v) is 4.52. The van der Waals surface area contributed by atoms with E-state index in [4.69, 9.17) is 9.84 Å². The number of ether oxygens (including phenoxy) is 1. The molecule has 27 heavy (non-hydrogen) atoms. The molecule has 0 saturated heterocycles. The van der Waals surface area contributed by atoms with Crippen molar-refractivity contribution >= 4 is 5.97 Å². The van der Waals surface area contributed by atoms with Crippen LogP contribution in [-0.2, 0) is 22.4 Å². The van der Waals surface area contributed by atoms with Gasteiger partial charge < -0.3 is 9.84 Å². The van der Waals surface area contributed by atoms with E-state index in [-0.39, 0.29) is 12.2 Å². The van der Waals surface area contributed by atoms with Crippen molar-refractivity contribution in [2.75, 3.05) is 13.2 Å². The molecule has 2 aromatic carbocycles. The first kappa shape index (κ1) is 20.7. The van der Waals surface area contributed by atoms with Crippen LogP contribution in [0.5, 0.6) is 0 Å². The second kappa shape index (κ2) is 10.5. The van der Waals surface area contributed by atoms with Gasteiger partial charge in [-0.1, -0.05) is 55.1 Å². The maximum absolute atomic E-state index is 11.4. The summed E-state index contributed by atoms with van der Waals surface area (Å²) >= 11 is 0. The lowest BCUT2D eigenvalue weighted by atomic mass is 9.96. The summed E-state index contributed by atoms with van der Waals surface area (Å²) in [6.07, 6.45) is 5.54. The van der Waals surface area contributed by atoms with Gasteiger partial charge in [-0.25, -0.2) is 4.79 Å². The molecule has 0 spiro atoms.